The Bertz CT molecular complexity index is 771. The second kappa shape index (κ2) is 6.73. The van der Waals surface area contributed by atoms with Gasteiger partial charge in [0.25, 0.3) is 0 Å². The van der Waals surface area contributed by atoms with Gasteiger partial charge in [0.2, 0.25) is 0 Å². The van der Waals surface area contributed by atoms with Crippen LogP contribution >= 0.6 is 0 Å². The summed E-state index contributed by atoms with van der Waals surface area (Å²) < 4.78 is 39.7. The minimum Gasteiger partial charge on any atom is -0.337 e. The molecular weight excluding hydrogens is 335 g/mol. The van der Waals surface area contributed by atoms with Crippen molar-refractivity contribution in [3.63, 3.8) is 0 Å². The normalized spacial score (nSPS) is 17.0. The summed E-state index contributed by atoms with van der Waals surface area (Å²) in [5, 5.41) is 5.38. The van der Waals surface area contributed by atoms with Gasteiger partial charge in [0.15, 0.2) is 5.69 Å². The number of hydrogen-bond acceptors (Lipinski definition) is 3. The predicted octanol–water partition coefficient (Wildman–Crippen LogP) is 2.99. The Balaban J connectivity index is 1.53. The molecule has 0 aromatic carbocycles. The minimum absolute atomic E-state index is 0.0546. The van der Waals surface area contributed by atoms with Crippen molar-refractivity contribution in [3.8, 4) is 0 Å². The molecule has 2 amide bonds. The van der Waals surface area contributed by atoms with E-state index in [1.54, 1.807) is 12.1 Å². The summed E-state index contributed by atoms with van der Waals surface area (Å²) in [7, 11) is 0. The van der Waals surface area contributed by atoms with Crippen LogP contribution < -0.4 is 10.6 Å². The van der Waals surface area contributed by atoms with E-state index in [0.717, 1.165) is 11.9 Å². The van der Waals surface area contributed by atoms with Gasteiger partial charge in [0, 0.05) is 31.4 Å². The van der Waals surface area contributed by atoms with Crippen LogP contribution in [0.5, 0.6) is 0 Å². The Hall–Kier alpha value is -2.58. The Labute approximate surface area is 142 Å². The highest BCUT2D eigenvalue weighted by atomic mass is 19.4. The van der Waals surface area contributed by atoms with Gasteiger partial charge in [-0.2, -0.15) is 13.2 Å². The number of urea groups is 1. The van der Waals surface area contributed by atoms with Crippen LogP contribution in [0.1, 0.15) is 23.6 Å². The minimum atomic E-state index is -4.43. The van der Waals surface area contributed by atoms with Gasteiger partial charge in [0.1, 0.15) is 11.6 Å². The van der Waals surface area contributed by atoms with Gasteiger partial charge in [-0.15, -0.1) is 0 Å². The smallest absolute Gasteiger partial charge is 0.337 e. The Morgan fingerprint density at radius 2 is 2.16 bits per heavy atom. The van der Waals surface area contributed by atoms with Crippen molar-refractivity contribution in [1.82, 2.24) is 19.9 Å². The molecule has 2 aromatic heterocycles. The number of carbonyl (C=O) groups is 1. The van der Waals surface area contributed by atoms with Crippen LogP contribution in [0, 0.1) is 12.8 Å². The number of alkyl halides is 3. The van der Waals surface area contributed by atoms with E-state index in [9.17, 15) is 18.0 Å². The summed E-state index contributed by atoms with van der Waals surface area (Å²) in [5.74, 6) is 0.948. The number of hydrogen-bond donors (Lipinski definition) is 2. The molecule has 0 saturated heterocycles. The van der Waals surface area contributed by atoms with Crippen LogP contribution in [-0.4, -0.2) is 27.1 Å². The zero-order valence-corrected chi connectivity index (χ0v) is 13.6. The molecule has 3 heterocycles. The van der Waals surface area contributed by atoms with Crippen molar-refractivity contribution < 1.29 is 18.0 Å². The van der Waals surface area contributed by atoms with E-state index >= 15 is 0 Å². The van der Waals surface area contributed by atoms with Gasteiger partial charge in [0.05, 0.1) is 0 Å². The molecule has 0 bridgehead atoms. The van der Waals surface area contributed by atoms with Gasteiger partial charge >= 0.3 is 12.2 Å². The molecule has 2 aromatic rings. The van der Waals surface area contributed by atoms with E-state index in [4.69, 9.17) is 0 Å². The number of nitrogens with one attached hydrogen (secondary N) is 2. The number of rotatable bonds is 3. The lowest BCUT2D eigenvalue weighted by Crippen LogP contribution is -2.36. The highest BCUT2D eigenvalue weighted by Gasteiger charge is 2.35. The first-order chi connectivity index (χ1) is 11.8. The fraction of sp³-hybridized carbons (Fsp3) is 0.438. The van der Waals surface area contributed by atoms with Gasteiger partial charge < -0.3 is 9.88 Å². The topological polar surface area (TPSA) is 71.8 Å². The number of pyridine rings is 1. The second-order valence-electron chi connectivity index (χ2n) is 6.10. The third-order valence-corrected chi connectivity index (χ3v) is 4.06. The van der Waals surface area contributed by atoms with Crippen molar-refractivity contribution in [2.45, 2.75) is 32.5 Å². The molecule has 134 valence electrons. The number of halogens is 3. The molecule has 0 fully saturated rings. The summed E-state index contributed by atoms with van der Waals surface area (Å²) in [4.78, 5) is 19.7. The quantitative estimate of drug-likeness (QED) is 0.891. The third-order valence-electron chi connectivity index (χ3n) is 4.06. The average Bonchev–Trinajstić information content (AvgIpc) is 2.96. The summed E-state index contributed by atoms with van der Waals surface area (Å²) >= 11 is 0. The molecule has 1 aliphatic heterocycles. The average molecular weight is 353 g/mol. The number of carbonyl (C=O) groups excluding carboxylic acids is 1. The maximum Gasteiger partial charge on any atom is 0.434 e. The Morgan fingerprint density at radius 1 is 1.36 bits per heavy atom. The molecule has 1 unspecified atom stereocenters. The van der Waals surface area contributed by atoms with E-state index in [1.165, 1.54) is 4.57 Å². The summed E-state index contributed by atoms with van der Waals surface area (Å²) in [6.07, 6.45) is -2.25. The number of anilines is 1. The van der Waals surface area contributed by atoms with Crippen LogP contribution in [0.4, 0.5) is 23.8 Å². The van der Waals surface area contributed by atoms with Crippen molar-refractivity contribution in [1.29, 1.82) is 0 Å². The maximum absolute atomic E-state index is 12.7. The molecule has 0 aliphatic carbocycles. The zero-order chi connectivity index (χ0) is 18.0. The lowest BCUT2D eigenvalue weighted by Gasteiger charge is -2.23. The fourth-order valence-corrected chi connectivity index (χ4v) is 2.83. The molecule has 0 spiro atoms. The molecule has 3 rings (SSSR count). The highest BCUT2D eigenvalue weighted by Crippen LogP contribution is 2.30. The Morgan fingerprint density at radius 3 is 2.88 bits per heavy atom. The zero-order valence-electron chi connectivity index (χ0n) is 13.6. The first kappa shape index (κ1) is 17.2. The molecule has 1 atom stereocenters. The van der Waals surface area contributed by atoms with E-state index in [0.29, 0.717) is 37.6 Å². The van der Waals surface area contributed by atoms with Gasteiger partial charge in [-0.1, -0.05) is 6.07 Å². The number of nitrogens with zero attached hydrogens (tertiary/aromatic N) is 3. The third kappa shape index (κ3) is 4.28. The van der Waals surface area contributed by atoms with Crippen molar-refractivity contribution in [2.24, 2.45) is 5.92 Å². The molecule has 0 radical (unpaired) electrons. The van der Waals surface area contributed by atoms with Crippen LogP contribution in [0.2, 0.25) is 0 Å². The van der Waals surface area contributed by atoms with Crippen LogP contribution in [-0.2, 0) is 19.1 Å². The van der Waals surface area contributed by atoms with Crippen LogP contribution in [0.3, 0.4) is 0 Å². The molecule has 6 nitrogen and oxygen atoms in total. The molecule has 0 saturated carbocycles. The number of aromatic nitrogens is 3. The summed E-state index contributed by atoms with van der Waals surface area (Å²) in [5.41, 5.74) is -0.0717. The second-order valence-corrected chi connectivity index (χ2v) is 6.10. The number of fused-ring (bicyclic) bond motifs is 1. The molecule has 2 N–H and O–H groups in total. The van der Waals surface area contributed by atoms with E-state index in [1.807, 2.05) is 13.0 Å². The summed E-state index contributed by atoms with van der Waals surface area (Å²) in [6, 6.07) is 4.91. The monoisotopic (exact) mass is 353 g/mol. The fourth-order valence-electron chi connectivity index (χ4n) is 2.83. The van der Waals surface area contributed by atoms with Gasteiger partial charge in [-0.05, 0) is 31.4 Å². The van der Waals surface area contributed by atoms with E-state index in [-0.39, 0.29) is 11.9 Å². The molecule has 9 heteroatoms. The highest BCUT2D eigenvalue weighted by molar-refractivity contribution is 5.88. The lowest BCUT2D eigenvalue weighted by molar-refractivity contribution is -0.141. The first-order valence-corrected chi connectivity index (χ1v) is 7.93. The van der Waals surface area contributed by atoms with Crippen molar-refractivity contribution in [3.05, 3.63) is 41.6 Å². The van der Waals surface area contributed by atoms with Gasteiger partial charge in [-0.25, -0.2) is 14.8 Å². The SMILES string of the molecule is Cc1cccc(NC(=O)NCC2CCc3nc(C(F)(F)F)cn3C2)n1. The Kier molecular flexibility index (Phi) is 4.65. The summed E-state index contributed by atoms with van der Waals surface area (Å²) in [6.45, 7) is 2.60. The van der Waals surface area contributed by atoms with Crippen molar-refractivity contribution >= 4 is 11.8 Å². The molecule has 1 aliphatic rings. The molecular formula is C16H18F3N5O. The van der Waals surface area contributed by atoms with Crippen molar-refractivity contribution in [2.75, 3.05) is 11.9 Å². The first-order valence-electron chi connectivity index (χ1n) is 7.93. The van der Waals surface area contributed by atoms with E-state index < -0.39 is 11.9 Å². The standard InChI is InChI=1S/C16H18F3N5O/c1-10-3-2-4-13(21-10)23-15(25)20-7-11-5-6-14-22-12(16(17,18)19)9-24(14)8-11/h2-4,9,11H,5-8H2,1H3,(H2,20,21,23,25). The van der Waals surface area contributed by atoms with Crippen LogP contribution in [0.15, 0.2) is 24.4 Å². The van der Waals surface area contributed by atoms with Crippen LogP contribution in [0.25, 0.3) is 0 Å². The predicted molar refractivity (Wildman–Crippen MR) is 85.0 cm³/mol. The van der Waals surface area contributed by atoms with Gasteiger partial charge in [-0.3, -0.25) is 5.32 Å². The largest absolute Gasteiger partial charge is 0.434 e. The number of aryl methyl sites for hydroxylation is 2. The molecule has 25 heavy (non-hydrogen) atoms. The van der Waals surface area contributed by atoms with E-state index in [2.05, 4.69) is 20.6 Å². The maximum atomic E-state index is 12.7. The number of amides is 2. The number of imidazole rings is 1. The lowest BCUT2D eigenvalue weighted by atomic mass is 9.99.